The molecule has 0 amide bonds. The highest BCUT2D eigenvalue weighted by Gasteiger charge is 2.29. The normalized spacial score (nSPS) is 17.2. The van der Waals surface area contributed by atoms with Crippen molar-refractivity contribution in [3.05, 3.63) is 53.6 Å². The molecule has 0 bridgehead atoms. The zero-order valence-electron chi connectivity index (χ0n) is 11.0. The molecule has 2 aromatic carbocycles. The van der Waals surface area contributed by atoms with Gasteiger partial charge in [-0.3, -0.25) is 4.79 Å². The van der Waals surface area contributed by atoms with Crippen LogP contribution in [0.1, 0.15) is 28.4 Å². The first-order valence-electron chi connectivity index (χ1n) is 6.35. The van der Waals surface area contributed by atoms with Gasteiger partial charge in [0.2, 0.25) is 0 Å². The molecule has 1 aliphatic heterocycles. The number of carbonyl (C=O) groups is 1. The quantitative estimate of drug-likeness (QED) is 0.911. The minimum atomic E-state index is -0.395. The van der Waals surface area contributed by atoms with Gasteiger partial charge < -0.3 is 14.6 Å². The van der Waals surface area contributed by atoms with E-state index in [4.69, 9.17) is 9.47 Å². The third-order valence-corrected chi connectivity index (χ3v) is 3.39. The number of para-hydroxylation sites is 1. The van der Waals surface area contributed by atoms with E-state index in [9.17, 15) is 9.90 Å². The van der Waals surface area contributed by atoms with Crippen molar-refractivity contribution in [3.63, 3.8) is 0 Å². The molecule has 4 heteroatoms. The zero-order chi connectivity index (χ0) is 14.1. The molecular formula is C16H14O4. The van der Waals surface area contributed by atoms with Crippen LogP contribution in [0.3, 0.4) is 0 Å². The van der Waals surface area contributed by atoms with Crippen LogP contribution in [-0.4, -0.2) is 18.0 Å². The number of ketones is 1. The van der Waals surface area contributed by atoms with Crippen LogP contribution in [0.15, 0.2) is 42.5 Å². The molecule has 0 aliphatic carbocycles. The maximum Gasteiger partial charge on any atom is 0.170 e. The highest BCUT2D eigenvalue weighted by Crippen LogP contribution is 2.38. The van der Waals surface area contributed by atoms with Gasteiger partial charge in [0.25, 0.3) is 0 Å². The molecule has 0 fully saturated rings. The lowest BCUT2D eigenvalue weighted by atomic mass is 9.96. The summed E-state index contributed by atoms with van der Waals surface area (Å²) in [5.41, 5.74) is 1.37. The van der Waals surface area contributed by atoms with Gasteiger partial charge in [-0.1, -0.05) is 12.1 Å². The molecule has 20 heavy (non-hydrogen) atoms. The molecule has 102 valence electrons. The summed E-state index contributed by atoms with van der Waals surface area (Å²) in [7, 11) is 1.52. The Bertz CT molecular complexity index is 663. The maximum absolute atomic E-state index is 12.2. The lowest BCUT2D eigenvalue weighted by Crippen LogP contribution is -2.20. The molecule has 0 aromatic heterocycles. The Morgan fingerprint density at radius 2 is 2.05 bits per heavy atom. The minimum Gasteiger partial charge on any atom is -0.508 e. The summed E-state index contributed by atoms with van der Waals surface area (Å²) in [6, 6.07) is 12.0. The number of Topliss-reactive ketones (excluding diaryl/α,β-unsaturated/α-hetero) is 1. The van der Waals surface area contributed by atoms with Crippen molar-refractivity contribution >= 4 is 5.78 Å². The SMILES string of the molecule is COc1cc(O)ccc1C1CC(=O)c2ccccc2O1. The van der Waals surface area contributed by atoms with Crippen molar-refractivity contribution in [3.8, 4) is 17.2 Å². The van der Waals surface area contributed by atoms with E-state index in [-0.39, 0.29) is 18.0 Å². The number of fused-ring (bicyclic) bond motifs is 1. The molecule has 1 aliphatic rings. The molecule has 0 saturated carbocycles. The molecule has 0 radical (unpaired) electrons. The number of aromatic hydroxyl groups is 1. The summed E-state index contributed by atoms with van der Waals surface area (Å²) in [6.45, 7) is 0. The number of phenolic OH excluding ortho intramolecular Hbond substituents is 1. The number of rotatable bonds is 2. The van der Waals surface area contributed by atoms with Gasteiger partial charge in [0.05, 0.1) is 19.1 Å². The van der Waals surface area contributed by atoms with Gasteiger partial charge in [-0.05, 0) is 24.3 Å². The van der Waals surface area contributed by atoms with E-state index in [1.165, 1.54) is 13.2 Å². The molecule has 2 aromatic rings. The molecule has 1 heterocycles. The van der Waals surface area contributed by atoms with Crippen molar-refractivity contribution < 1.29 is 19.4 Å². The monoisotopic (exact) mass is 270 g/mol. The van der Waals surface area contributed by atoms with Crippen molar-refractivity contribution in [2.45, 2.75) is 12.5 Å². The Labute approximate surface area is 116 Å². The molecule has 3 rings (SSSR count). The fourth-order valence-corrected chi connectivity index (χ4v) is 2.41. The minimum absolute atomic E-state index is 0.0481. The highest BCUT2D eigenvalue weighted by atomic mass is 16.5. The molecule has 0 saturated heterocycles. The van der Waals surface area contributed by atoms with Gasteiger partial charge in [0.1, 0.15) is 23.4 Å². The lowest BCUT2D eigenvalue weighted by molar-refractivity contribution is 0.0847. The molecule has 4 nitrogen and oxygen atoms in total. The van der Waals surface area contributed by atoms with Gasteiger partial charge in [0.15, 0.2) is 5.78 Å². The van der Waals surface area contributed by atoms with E-state index >= 15 is 0 Å². The Balaban J connectivity index is 2.00. The highest BCUT2D eigenvalue weighted by molar-refractivity contribution is 6.00. The topological polar surface area (TPSA) is 55.8 Å². The maximum atomic E-state index is 12.2. The van der Waals surface area contributed by atoms with Crippen molar-refractivity contribution in [1.29, 1.82) is 0 Å². The van der Waals surface area contributed by atoms with Crippen LogP contribution in [0.25, 0.3) is 0 Å². The van der Waals surface area contributed by atoms with Gasteiger partial charge in [0, 0.05) is 11.6 Å². The Morgan fingerprint density at radius 1 is 1.25 bits per heavy atom. The largest absolute Gasteiger partial charge is 0.508 e. The molecule has 1 atom stereocenters. The summed E-state index contributed by atoms with van der Waals surface area (Å²) < 4.78 is 11.1. The third kappa shape index (κ3) is 2.09. The number of phenols is 1. The molecule has 1 unspecified atom stereocenters. The number of hydrogen-bond acceptors (Lipinski definition) is 4. The molecular weight excluding hydrogens is 256 g/mol. The van der Waals surface area contributed by atoms with E-state index in [0.717, 1.165) is 5.56 Å². The smallest absolute Gasteiger partial charge is 0.170 e. The van der Waals surface area contributed by atoms with Crippen molar-refractivity contribution in [2.75, 3.05) is 7.11 Å². The van der Waals surface area contributed by atoms with Crippen LogP contribution in [0.4, 0.5) is 0 Å². The van der Waals surface area contributed by atoms with Crippen LogP contribution < -0.4 is 9.47 Å². The standard InChI is InChI=1S/C16H14O4/c1-19-15-8-10(17)6-7-12(15)16-9-13(18)11-4-2-3-5-14(11)20-16/h2-8,16-17H,9H2,1H3. The number of ether oxygens (including phenoxy) is 2. The van der Waals surface area contributed by atoms with Gasteiger partial charge in [-0.15, -0.1) is 0 Å². The van der Waals surface area contributed by atoms with Gasteiger partial charge in [-0.25, -0.2) is 0 Å². The van der Waals surface area contributed by atoms with E-state index < -0.39 is 6.10 Å². The fourth-order valence-electron chi connectivity index (χ4n) is 2.41. The van der Waals surface area contributed by atoms with Crippen LogP contribution in [0.2, 0.25) is 0 Å². The second kappa shape index (κ2) is 4.89. The van der Waals surface area contributed by atoms with Crippen molar-refractivity contribution in [1.82, 2.24) is 0 Å². The number of hydrogen-bond donors (Lipinski definition) is 1. The number of benzene rings is 2. The summed E-state index contributed by atoms with van der Waals surface area (Å²) in [6.07, 6.45) is -0.133. The average Bonchev–Trinajstić information content (AvgIpc) is 2.47. The Hall–Kier alpha value is -2.49. The van der Waals surface area contributed by atoms with Crippen LogP contribution in [0, 0.1) is 0 Å². The number of carbonyl (C=O) groups excluding carboxylic acids is 1. The first-order valence-corrected chi connectivity index (χ1v) is 6.35. The van der Waals surface area contributed by atoms with Crippen molar-refractivity contribution in [2.24, 2.45) is 0 Å². The summed E-state index contributed by atoms with van der Waals surface area (Å²) in [5.74, 6) is 1.27. The first kappa shape index (κ1) is 12.5. The average molecular weight is 270 g/mol. The van der Waals surface area contributed by atoms with E-state index in [1.54, 1.807) is 24.3 Å². The zero-order valence-corrected chi connectivity index (χ0v) is 11.0. The first-order chi connectivity index (χ1) is 9.69. The molecule has 1 N–H and O–H groups in total. The predicted octanol–water partition coefficient (Wildman–Crippen LogP) is 3.11. The summed E-state index contributed by atoms with van der Waals surface area (Å²) >= 11 is 0. The lowest BCUT2D eigenvalue weighted by Gasteiger charge is -2.26. The number of methoxy groups -OCH3 is 1. The second-order valence-corrected chi connectivity index (χ2v) is 4.66. The predicted molar refractivity (Wildman–Crippen MR) is 73.4 cm³/mol. The van der Waals surface area contributed by atoms with Crippen LogP contribution >= 0.6 is 0 Å². The summed E-state index contributed by atoms with van der Waals surface area (Å²) in [5, 5.41) is 9.49. The Morgan fingerprint density at radius 3 is 2.85 bits per heavy atom. The van der Waals surface area contributed by atoms with Gasteiger partial charge >= 0.3 is 0 Å². The van der Waals surface area contributed by atoms with E-state index in [2.05, 4.69) is 0 Å². The third-order valence-electron chi connectivity index (χ3n) is 3.39. The van der Waals surface area contributed by atoms with E-state index in [1.807, 2.05) is 12.1 Å². The fraction of sp³-hybridized carbons (Fsp3) is 0.188. The molecule has 0 spiro atoms. The van der Waals surface area contributed by atoms with Gasteiger partial charge in [-0.2, -0.15) is 0 Å². The van der Waals surface area contributed by atoms with Crippen LogP contribution in [0.5, 0.6) is 17.2 Å². The van der Waals surface area contributed by atoms with Crippen LogP contribution in [-0.2, 0) is 0 Å². The van der Waals surface area contributed by atoms with E-state index in [0.29, 0.717) is 17.1 Å². The summed E-state index contributed by atoms with van der Waals surface area (Å²) in [4.78, 5) is 12.2. The second-order valence-electron chi connectivity index (χ2n) is 4.66. The Kier molecular flexibility index (Phi) is 3.06.